The summed E-state index contributed by atoms with van der Waals surface area (Å²) in [4.78, 5) is 31.6. The monoisotopic (exact) mass is 568 g/mol. The lowest BCUT2D eigenvalue weighted by Crippen LogP contribution is -2.39. The van der Waals surface area contributed by atoms with Crippen LogP contribution in [0.2, 0.25) is 0 Å². The molecule has 0 radical (unpaired) electrons. The zero-order valence-corrected chi connectivity index (χ0v) is 22.4. The van der Waals surface area contributed by atoms with E-state index in [1.54, 1.807) is 50.2 Å². The summed E-state index contributed by atoms with van der Waals surface area (Å²) in [7, 11) is 1.52. The molecule has 2 aromatic heterocycles. The van der Waals surface area contributed by atoms with Crippen LogP contribution in [0.4, 0.5) is 13.2 Å². The van der Waals surface area contributed by atoms with Gasteiger partial charge >= 0.3 is 12.1 Å². The van der Waals surface area contributed by atoms with E-state index in [0.29, 0.717) is 21.8 Å². The number of nitrogens with zero attached hydrogens (tertiary/aromatic N) is 2. The van der Waals surface area contributed by atoms with Gasteiger partial charge in [0.2, 0.25) is 0 Å². The SMILES string of the molecule is CCOC(=O)C1=C(C)N=c2sc(=Cc3ccc(-c4cccc(C(F)(F)F)c4)o3)c(=O)n2C1c1cccc(OC)c1. The zero-order valence-electron chi connectivity index (χ0n) is 21.6. The smallest absolute Gasteiger partial charge is 0.416 e. The summed E-state index contributed by atoms with van der Waals surface area (Å²) in [6.45, 7) is 3.53. The normalized spacial score (nSPS) is 15.6. The quantitative estimate of drug-likeness (QED) is 0.303. The lowest BCUT2D eigenvalue weighted by molar-refractivity contribution is -0.139. The van der Waals surface area contributed by atoms with Crippen LogP contribution in [-0.2, 0) is 15.7 Å². The number of hydrogen-bond acceptors (Lipinski definition) is 7. The van der Waals surface area contributed by atoms with Crippen molar-refractivity contribution < 1.29 is 31.9 Å². The van der Waals surface area contributed by atoms with E-state index in [4.69, 9.17) is 13.9 Å². The highest BCUT2D eigenvalue weighted by Gasteiger charge is 2.34. The van der Waals surface area contributed by atoms with E-state index in [2.05, 4.69) is 4.99 Å². The first kappa shape index (κ1) is 27.2. The minimum Gasteiger partial charge on any atom is -0.497 e. The Morgan fingerprint density at radius 2 is 1.93 bits per heavy atom. The number of benzene rings is 2. The molecule has 1 unspecified atom stereocenters. The Balaban J connectivity index is 1.61. The minimum absolute atomic E-state index is 0.150. The number of esters is 1. The second kappa shape index (κ2) is 10.6. The van der Waals surface area contributed by atoms with Crippen LogP contribution < -0.4 is 19.6 Å². The Morgan fingerprint density at radius 3 is 2.65 bits per heavy atom. The van der Waals surface area contributed by atoms with Gasteiger partial charge in [0, 0.05) is 11.6 Å². The molecular weight excluding hydrogens is 545 g/mol. The molecule has 1 aliphatic heterocycles. The Kier molecular flexibility index (Phi) is 7.24. The number of rotatable bonds is 6. The molecule has 0 bridgehead atoms. The van der Waals surface area contributed by atoms with Gasteiger partial charge in [-0.3, -0.25) is 9.36 Å². The summed E-state index contributed by atoms with van der Waals surface area (Å²) in [5.74, 6) is 0.467. The molecule has 1 aliphatic rings. The van der Waals surface area contributed by atoms with Crippen molar-refractivity contribution in [2.24, 2.45) is 4.99 Å². The Labute approximate surface area is 230 Å². The number of ether oxygens (including phenoxy) is 2. The predicted octanol–water partition coefficient (Wildman–Crippen LogP) is 5.09. The molecule has 4 aromatic rings. The summed E-state index contributed by atoms with van der Waals surface area (Å²) in [5.41, 5.74) is 0.338. The van der Waals surface area contributed by atoms with Crippen LogP contribution in [0.5, 0.6) is 5.75 Å². The topological polar surface area (TPSA) is 83.0 Å². The summed E-state index contributed by atoms with van der Waals surface area (Å²) in [5, 5.41) is 0. The lowest BCUT2D eigenvalue weighted by atomic mass is 9.95. The van der Waals surface area contributed by atoms with Crippen molar-refractivity contribution in [1.82, 2.24) is 4.57 Å². The second-order valence-corrected chi connectivity index (χ2v) is 9.87. The maximum absolute atomic E-state index is 13.7. The first-order chi connectivity index (χ1) is 19.1. The number of fused-ring (bicyclic) bond motifs is 1. The van der Waals surface area contributed by atoms with Gasteiger partial charge in [-0.05, 0) is 55.8 Å². The maximum Gasteiger partial charge on any atom is 0.416 e. The van der Waals surface area contributed by atoms with Gasteiger partial charge in [-0.25, -0.2) is 9.79 Å². The highest BCUT2D eigenvalue weighted by molar-refractivity contribution is 7.07. The van der Waals surface area contributed by atoms with Crippen molar-refractivity contribution in [2.45, 2.75) is 26.1 Å². The van der Waals surface area contributed by atoms with Crippen LogP contribution in [0.1, 0.15) is 36.8 Å². The Hall–Kier alpha value is -4.38. The van der Waals surface area contributed by atoms with Gasteiger partial charge in [-0.1, -0.05) is 35.6 Å². The second-order valence-electron chi connectivity index (χ2n) is 8.86. The third-order valence-corrected chi connectivity index (χ3v) is 7.28. The average molecular weight is 569 g/mol. The van der Waals surface area contributed by atoms with E-state index in [9.17, 15) is 22.8 Å². The van der Waals surface area contributed by atoms with Crippen molar-refractivity contribution in [3.63, 3.8) is 0 Å². The molecule has 0 aliphatic carbocycles. The zero-order chi connectivity index (χ0) is 28.6. The van der Waals surface area contributed by atoms with E-state index >= 15 is 0 Å². The molecule has 40 heavy (non-hydrogen) atoms. The van der Waals surface area contributed by atoms with E-state index in [-0.39, 0.29) is 33.8 Å². The molecule has 7 nitrogen and oxygen atoms in total. The van der Waals surface area contributed by atoms with Crippen molar-refractivity contribution in [3.05, 3.63) is 109 Å². The van der Waals surface area contributed by atoms with Crippen LogP contribution in [0.15, 0.2) is 86.1 Å². The summed E-state index contributed by atoms with van der Waals surface area (Å²) < 4.78 is 57.6. The highest BCUT2D eigenvalue weighted by Crippen LogP contribution is 2.34. The fourth-order valence-corrected chi connectivity index (χ4v) is 5.51. The molecule has 0 saturated heterocycles. The molecule has 0 fully saturated rings. The van der Waals surface area contributed by atoms with E-state index in [0.717, 1.165) is 23.5 Å². The molecular formula is C29H23F3N2O5S. The molecule has 206 valence electrons. The summed E-state index contributed by atoms with van der Waals surface area (Å²) >= 11 is 1.11. The van der Waals surface area contributed by atoms with Gasteiger partial charge in [-0.15, -0.1) is 0 Å². The number of carbonyl (C=O) groups is 1. The van der Waals surface area contributed by atoms with Gasteiger partial charge < -0.3 is 13.9 Å². The Morgan fingerprint density at radius 1 is 1.15 bits per heavy atom. The number of alkyl halides is 3. The van der Waals surface area contributed by atoms with Gasteiger partial charge in [-0.2, -0.15) is 13.2 Å². The number of allylic oxidation sites excluding steroid dienone is 1. The fourth-order valence-electron chi connectivity index (χ4n) is 4.48. The van der Waals surface area contributed by atoms with Gasteiger partial charge in [0.25, 0.3) is 5.56 Å². The lowest BCUT2D eigenvalue weighted by Gasteiger charge is -2.24. The van der Waals surface area contributed by atoms with E-state index < -0.39 is 29.3 Å². The van der Waals surface area contributed by atoms with Crippen LogP contribution in [0, 0.1) is 0 Å². The van der Waals surface area contributed by atoms with Crippen molar-refractivity contribution in [1.29, 1.82) is 0 Å². The van der Waals surface area contributed by atoms with Gasteiger partial charge in [0.15, 0.2) is 4.80 Å². The van der Waals surface area contributed by atoms with Crippen molar-refractivity contribution >= 4 is 23.4 Å². The van der Waals surface area contributed by atoms with Crippen molar-refractivity contribution in [2.75, 3.05) is 13.7 Å². The third kappa shape index (κ3) is 5.12. The summed E-state index contributed by atoms with van der Waals surface area (Å²) in [6.07, 6.45) is -2.98. The standard InChI is InChI=1S/C29H23F3N2O5S/c1-4-38-27(36)24-16(2)33-28-34(25(24)18-8-6-10-20(14-18)37-3)26(35)23(40-28)15-21-11-12-22(39-21)17-7-5-9-19(13-17)29(30,31)32/h5-15,25H,4H2,1-3H3. The van der Waals surface area contributed by atoms with Crippen molar-refractivity contribution in [3.8, 4) is 17.1 Å². The van der Waals surface area contributed by atoms with E-state index in [1.165, 1.54) is 29.9 Å². The molecule has 0 spiro atoms. The first-order valence-corrected chi connectivity index (χ1v) is 13.0. The fraction of sp³-hybridized carbons (Fsp3) is 0.207. The van der Waals surface area contributed by atoms with Gasteiger partial charge in [0.05, 0.1) is 41.1 Å². The van der Waals surface area contributed by atoms with Crippen LogP contribution in [0.25, 0.3) is 17.4 Å². The summed E-state index contributed by atoms with van der Waals surface area (Å²) in [6, 6.07) is 14.2. The number of halogens is 3. The number of furan rings is 1. The highest BCUT2D eigenvalue weighted by atomic mass is 32.1. The van der Waals surface area contributed by atoms with E-state index in [1.807, 2.05) is 0 Å². The van der Waals surface area contributed by atoms with Gasteiger partial charge in [0.1, 0.15) is 17.3 Å². The number of hydrogen-bond donors (Lipinski definition) is 0. The molecule has 1 atom stereocenters. The number of thiazole rings is 1. The van der Waals surface area contributed by atoms with Crippen LogP contribution in [-0.4, -0.2) is 24.3 Å². The Bertz CT molecular complexity index is 1810. The molecule has 2 aromatic carbocycles. The first-order valence-electron chi connectivity index (χ1n) is 12.2. The molecule has 0 N–H and O–H groups in total. The maximum atomic E-state index is 13.7. The number of methoxy groups -OCH3 is 1. The molecule has 3 heterocycles. The van der Waals surface area contributed by atoms with Crippen LogP contribution >= 0.6 is 11.3 Å². The largest absolute Gasteiger partial charge is 0.497 e. The average Bonchev–Trinajstić information content (AvgIpc) is 3.52. The predicted molar refractivity (Wildman–Crippen MR) is 143 cm³/mol. The number of carbonyl (C=O) groups excluding carboxylic acids is 1. The molecule has 0 amide bonds. The van der Waals surface area contributed by atoms with Crippen LogP contribution in [0.3, 0.4) is 0 Å². The third-order valence-electron chi connectivity index (χ3n) is 6.30. The molecule has 0 saturated carbocycles. The number of aromatic nitrogens is 1. The minimum atomic E-state index is -4.49. The molecule has 5 rings (SSSR count). The molecule has 11 heteroatoms.